The number of hydrogen-bond acceptors (Lipinski definition) is 2. The summed E-state index contributed by atoms with van der Waals surface area (Å²) in [6, 6.07) is 3.93. The van der Waals surface area contributed by atoms with Crippen LogP contribution in [0.5, 0.6) is 0 Å². The predicted octanol–water partition coefficient (Wildman–Crippen LogP) is 6.83. The second kappa shape index (κ2) is 10.5. The fraction of sp³-hybridized carbons (Fsp3) is 0.692. The molecule has 2 saturated carbocycles. The maximum atomic E-state index is 13.5. The van der Waals surface area contributed by atoms with Crippen molar-refractivity contribution in [3.63, 3.8) is 0 Å². The number of nitrogens with one attached hydrogen (secondary N) is 1. The summed E-state index contributed by atoms with van der Waals surface area (Å²) in [5, 5.41) is 3.22. The molecule has 2 fully saturated rings. The Bertz CT molecular complexity index is 754. The zero-order chi connectivity index (χ0) is 22.6. The molecule has 0 saturated heterocycles. The Morgan fingerprint density at radius 3 is 2.39 bits per heavy atom. The summed E-state index contributed by atoms with van der Waals surface area (Å²) < 4.78 is 13.5. The van der Waals surface area contributed by atoms with Crippen LogP contribution in [-0.2, 0) is 4.79 Å². The number of rotatable bonds is 9. The first kappa shape index (κ1) is 24.2. The minimum atomic E-state index is -0.493. The summed E-state index contributed by atoms with van der Waals surface area (Å²) in [5.41, 5.74) is 0.501. The van der Waals surface area contributed by atoms with Crippen molar-refractivity contribution in [1.29, 1.82) is 0 Å². The fourth-order valence-electron chi connectivity index (χ4n) is 5.62. The van der Waals surface area contributed by atoms with E-state index in [-0.39, 0.29) is 21.9 Å². The van der Waals surface area contributed by atoms with Gasteiger partial charge < -0.3 is 5.32 Å². The minimum Gasteiger partial charge on any atom is -0.352 e. The third-order valence-electron chi connectivity index (χ3n) is 7.21. The molecule has 3 nitrogen and oxygen atoms in total. The molecule has 1 amide bonds. The number of amides is 1. The van der Waals surface area contributed by atoms with Crippen molar-refractivity contribution in [1.82, 2.24) is 5.32 Å². The average Bonchev–Trinajstić information content (AvgIpc) is 2.91. The molecule has 2 unspecified atom stereocenters. The molecule has 1 N–H and O–H groups in total. The number of fused-ring (bicyclic) bond motifs is 2. The third kappa shape index (κ3) is 7.30. The van der Waals surface area contributed by atoms with Crippen LogP contribution in [-0.4, -0.2) is 18.2 Å². The lowest BCUT2D eigenvalue weighted by atomic mass is 9.71. The van der Waals surface area contributed by atoms with Crippen LogP contribution in [0.1, 0.15) is 88.9 Å². The van der Waals surface area contributed by atoms with E-state index in [1.807, 2.05) is 0 Å². The van der Waals surface area contributed by atoms with E-state index in [9.17, 15) is 14.0 Å². The summed E-state index contributed by atoms with van der Waals surface area (Å²) in [6.45, 7) is 7.20. The lowest BCUT2D eigenvalue weighted by molar-refractivity contribution is -0.119. The van der Waals surface area contributed by atoms with Gasteiger partial charge in [-0.2, -0.15) is 0 Å². The first-order valence-electron chi connectivity index (χ1n) is 11.9. The highest BCUT2D eigenvalue weighted by Crippen LogP contribution is 2.50. The smallest absolute Gasteiger partial charge is 0.251 e. The van der Waals surface area contributed by atoms with Gasteiger partial charge >= 0.3 is 0 Å². The highest BCUT2D eigenvalue weighted by Gasteiger charge is 2.42. The maximum Gasteiger partial charge on any atom is 0.251 e. The van der Waals surface area contributed by atoms with Gasteiger partial charge in [0.2, 0.25) is 0 Å². The van der Waals surface area contributed by atoms with Crippen molar-refractivity contribution >= 4 is 23.3 Å². The van der Waals surface area contributed by atoms with Crippen molar-refractivity contribution in [2.24, 2.45) is 29.1 Å². The molecule has 5 heteroatoms. The summed E-state index contributed by atoms with van der Waals surface area (Å²) >= 11 is 5.86. The van der Waals surface area contributed by atoms with Crippen LogP contribution in [0.4, 0.5) is 4.39 Å². The van der Waals surface area contributed by atoms with E-state index < -0.39 is 5.82 Å². The highest BCUT2D eigenvalue weighted by molar-refractivity contribution is 6.31. The van der Waals surface area contributed by atoms with E-state index in [0.717, 1.165) is 44.4 Å². The topological polar surface area (TPSA) is 46.2 Å². The van der Waals surface area contributed by atoms with Crippen LogP contribution >= 0.6 is 11.6 Å². The Morgan fingerprint density at radius 1 is 1.10 bits per heavy atom. The number of carbonyl (C=O) groups is 2. The highest BCUT2D eigenvalue weighted by atomic mass is 35.5. The van der Waals surface area contributed by atoms with Crippen LogP contribution in [0.15, 0.2) is 18.2 Å². The lowest BCUT2D eigenvalue weighted by Crippen LogP contribution is -2.35. The Labute approximate surface area is 191 Å². The zero-order valence-corrected chi connectivity index (χ0v) is 19.9. The monoisotopic (exact) mass is 449 g/mol. The van der Waals surface area contributed by atoms with Gasteiger partial charge in [-0.3, -0.25) is 9.59 Å². The van der Waals surface area contributed by atoms with Gasteiger partial charge in [0.25, 0.3) is 5.91 Å². The molecule has 3 rings (SSSR count). The van der Waals surface area contributed by atoms with Gasteiger partial charge in [-0.25, -0.2) is 4.39 Å². The van der Waals surface area contributed by atoms with Gasteiger partial charge in [0.1, 0.15) is 11.6 Å². The van der Waals surface area contributed by atoms with Crippen molar-refractivity contribution in [2.75, 3.05) is 6.54 Å². The molecular formula is C26H37ClFNO2. The minimum absolute atomic E-state index is 0.226. The SMILES string of the molecule is CC(C)(C)CCC(=O)CCCC1[C@@H]2CC[C@H]1CC(CNC(=O)c1cc(F)cc(Cl)c1)C2. The van der Waals surface area contributed by atoms with E-state index in [2.05, 4.69) is 26.1 Å². The molecule has 0 aliphatic heterocycles. The quantitative estimate of drug-likeness (QED) is 0.449. The van der Waals surface area contributed by atoms with Crippen molar-refractivity contribution in [3.05, 3.63) is 34.6 Å². The van der Waals surface area contributed by atoms with Crippen molar-refractivity contribution in [2.45, 2.75) is 78.6 Å². The Kier molecular flexibility index (Phi) is 8.18. The Balaban J connectivity index is 1.40. The molecule has 2 bridgehead atoms. The largest absolute Gasteiger partial charge is 0.352 e. The number of hydrogen-bond donors (Lipinski definition) is 1. The summed E-state index contributed by atoms with van der Waals surface area (Å²) in [5.74, 6) is 2.32. The molecule has 0 aromatic heterocycles. The lowest BCUT2D eigenvalue weighted by Gasteiger charge is -2.35. The maximum absolute atomic E-state index is 13.5. The standard InChI is InChI=1S/C26H37ClFNO2/c1-26(2,3)10-9-23(30)5-4-6-24-18-7-8-19(24)12-17(11-18)16-29-25(31)20-13-21(27)15-22(28)14-20/h13-15,17-19,24H,4-12,16H2,1-3H3,(H,29,31)/t17?,18-,19+,24?. The van der Waals surface area contributed by atoms with Crippen LogP contribution in [0.3, 0.4) is 0 Å². The van der Waals surface area contributed by atoms with Crippen LogP contribution in [0.25, 0.3) is 0 Å². The molecule has 0 radical (unpaired) electrons. The molecule has 2 aliphatic carbocycles. The summed E-state index contributed by atoms with van der Waals surface area (Å²) in [7, 11) is 0. The van der Waals surface area contributed by atoms with E-state index >= 15 is 0 Å². The van der Waals surface area contributed by atoms with Gasteiger partial charge in [0.15, 0.2) is 0 Å². The van der Waals surface area contributed by atoms with E-state index in [1.54, 1.807) is 0 Å². The third-order valence-corrected chi connectivity index (χ3v) is 7.43. The Hall–Kier alpha value is -1.42. The number of ketones is 1. The van der Waals surface area contributed by atoms with E-state index in [0.29, 0.717) is 36.5 Å². The average molecular weight is 450 g/mol. The second-order valence-corrected chi connectivity index (χ2v) is 11.4. The first-order chi connectivity index (χ1) is 14.6. The molecule has 4 atom stereocenters. The number of halogens is 2. The summed E-state index contributed by atoms with van der Waals surface area (Å²) in [4.78, 5) is 24.6. The molecule has 0 heterocycles. The van der Waals surface area contributed by atoms with Gasteiger partial charge in [0.05, 0.1) is 0 Å². The fourth-order valence-corrected chi connectivity index (χ4v) is 5.84. The molecule has 0 spiro atoms. The van der Waals surface area contributed by atoms with E-state index in [1.165, 1.54) is 31.0 Å². The number of Topliss-reactive ketones (excluding diaryl/α,β-unsaturated/α-hetero) is 1. The van der Waals surface area contributed by atoms with Gasteiger partial charge in [-0.15, -0.1) is 0 Å². The second-order valence-electron chi connectivity index (χ2n) is 11.0. The molecule has 1 aromatic rings. The zero-order valence-electron chi connectivity index (χ0n) is 19.2. The van der Waals surface area contributed by atoms with Gasteiger partial charge in [0, 0.05) is 30.0 Å². The van der Waals surface area contributed by atoms with Gasteiger partial charge in [-0.1, -0.05) is 32.4 Å². The first-order valence-corrected chi connectivity index (χ1v) is 12.2. The molecule has 31 heavy (non-hydrogen) atoms. The Morgan fingerprint density at radius 2 is 1.77 bits per heavy atom. The van der Waals surface area contributed by atoms with E-state index in [4.69, 9.17) is 11.6 Å². The molecule has 172 valence electrons. The molecule has 1 aromatic carbocycles. The molecule has 2 aliphatic rings. The van der Waals surface area contributed by atoms with Crippen molar-refractivity contribution < 1.29 is 14.0 Å². The van der Waals surface area contributed by atoms with Crippen LogP contribution in [0, 0.1) is 34.9 Å². The number of benzene rings is 1. The normalized spacial score (nSPS) is 25.5. The predicted molar refractivity (Wildman–Crippen MR) is 124 cm³/mol. The number of carbonyl (C=O) groups excluding carboxylic acids is 2. The van der Waals surface area contributed by atoms with Crippen LogP contribution < -0.4 is 5.32 Å². The van der Waals surface area contributed by atoms with Crippen LogP contribution in [0.2, 0.25) is 5.02 Å². The molecular weight excluding hydrogens is 413 g/mol. The van der Waals surface area contributed by atoms with Gasteiger partial charge in [-0.05, 0) is 92.2 Å². The summed E-state index contributed by atoms with van der Waals surface area (Å²) in [6.07, 6.45) is 9.41. The van der Waals surface area contributed by atoms with Crippen molar-refractivity contribution in [3.8, 4) is 0 Å².